The van der Waals surface area contributed by atoms with E-state index in [1.54, 1.807) is 0 Å². The van der Waals surface area contributed by atoms with Crippen molar-refractivity contribution in [2.24, 2.45) is 5.92 Å². The zero-order valence-corrected chi connectivity index (χ0v) is 14.2. The molecule has 3 nitrogen and oxygen atoms in total. The fraction of sp³-hybridized carbons (Fsp3) is 0.588. The molecule has 1 heterocycles. The van der Waals surface area contributed by atoms with Gasteiger partial charge in [0.1, 0.15) is 17.1 Å². The number of hydrogen-bond acceptors (Lipinski definition) is 2. The van der Waals surface area contributed by atoms with Gasteiger partial charge in [-0.1, -0.05) is 32.8 Å². The summed E-state index contributed by atoms with van der Waals surface area (Å²) in [6.07, 6.45) is 2.31. The Kier molecular flexibility index (Phi) is 5.51. The average Bonchev–Trinajstić information content (AvgIpc) is 2.88. The Morgan fingerprint density at radius 2 is 1.95 bits per heavy atom. The van der Waals surface area contributed by atoms with Gasteiger partial charge in [0.05, 0.1) is 18.0 Å². The van der Waals surface area contributed by atoms with Crippen LogP contribution in [0.1, 0.15) is 52.4 Å². The highest BCUT2D eigenvalue weighted by Gasteiger charge is 2.22. The monoisotopic (exact) mass is 308 g/mol. The summed E-state index contributed by atoms with van der Waals surface area (Å²) in [5, 5.41) is 0. The second-order valence-electron chi connectivity index (χ2n) is 5.41. The minimum atomic E-state index is 0.385. The lowest BCUT2D eigenvalue weighted by atomic mass is 9.95. The fourth-order valence-corrected chi connectivity index (χ4v) is 3.33. The van der Waals surface area contributed by atoms with E-state index in [0.29, 0.717) is 24.4 Å². The summed E-state index contributed by atoms with van der Waals surface area (Å²) in [7, 11) is 0. The minimum absolute atomic E-state index is 0.385. The number of nitrogens with zero attached hydrogens (tertiary/aromatic N) is 2. The Labute approximate surface area is 132 Å². The first-order chi connectivity index (χ1) is 10.2. The molecule has 0 saturated heterocycles. The van der Waals surface area contributed by atoms with Gasteiger partial charge in [0.15, 0.2) is 0 Å². The maximum atomic E-state index is 6.14. The molecule has 0 spiro atoms. The maximum absolute atomic E-state index is 6.14. The lowest BCUT2D eigenvalue weighted by Crippen LogP contribution is -2.17. The van der Waals surface area contributed by atoms with Gasteiger partial charge in [-0.05, 0) is 31.9 Å². The minimum Gasteiger partial charge on any atom is -0.492 e. The standard InChI is InChI=1S/C17H25ClN2O/c1-5-13(6-2)12(4)20-14-9-8-10-15(21-7-3)17(14)19-16(20)11-18/h8-10,12-13H,5-7,11H2,1-4H3. The third-order valence-electron chi connectivity index (χ3n) is 4.31. The fourth-order valence-electron chi connectivity index (χ4n) is 3.14. The summed E-state index contributed by atoms with van der Waals surface area (Å²) in [5.41, 5.74) is 2.05. The van der Waals surface area contributed by atoms with Gasteiger partial charge >= 0.3 is 0 Å². The molecule has 21 heavy (non-hydrogen) atoms. The van der Waals surface area contributed by atoms with E-state index >= 15 is 0 Å². The van der Waals surface area contributed by atoms with Crippen molar-refractivity contribution in [3.05, 3.63) is 24.0 Å². The predicted octanol–water partition coefficient (Wildman–Crippen LogP) is 5.17. The van der Waals surface area contributed by atoms with Crippen LogP contribution in [-0.4, -0.2) is 16.2 Å². The number of halogens is 1. The van der Waals surface area contributed by atoms with E-state index in [2.05, 4.69) is 31.4 Å². The highest BCUT2D eigenvalue weighted by atomic mass is 35.5. The first-order valence-corrected chi connectivity index (χ1v) is 8.39. The van der Waals surface area contributed by atoms with Crippen LogP contribution in [0.5, 0.6) is 5.75 Å². The molecule has 0 amide bonds. The molecule has 0 fully saturated rings. The smallest absolute Gasteiger partial charge is 0.147 e. The van der Waals surface area contributed by atoms with Crippen LogP contribution >= 0.6 is 11.6 Å². The summed E-state index contributed by atoms with van der Waals surface area (Å²) in [6.45, 7) is 9.39. The van der Waals surface area contributed by atoms with Crippen LogP contribution in [0.2, 0.25) is 0 Å². The number of alkyl halides is 1. The van der Waals surface area contributed by atoms with Gasteiger partial charge in [0.25, 0.3) is 0 Å². The molecule has 1 atom stereocenters. The first kappa shape index (κ1) is 16.2. The molecular weight excluding hydrogens is 284 g/mol. The van der Waals surface area contributed by atoms with Crippen LogP contribution in [0.4, 0.5) is 0 Å². The van der Waals surface area contributed by atoms with E-state index in [1.807, 2.05) is 19.1 Å². The molecule has 116 valence electrons. The van der Waals surface area contributed by atoms with Crippen LogP contribution in [-0.2, 0) is 5.88 Å². The molecule has 1 aromatic carbocycles. The molecule has 0 aliphatic carbocycles. The molecule has 0 aliphatic rings. The third-order valence-corrected chi connectivity index (χ3v) is 4.55. The topological polar surface area (TPSA) is 27.1 Å². The van der Waals surface area contributed by atoms with Gasteiger partial charge in [0.2, 0.25) is 0 Å². The molecular formula is C17H25ClN2O. The van der Waals surface area contributed by atoms with Crippen molar-refractivity contribution in [3.63, 3.8) is 0 Å². The summed E-state index contributed by atoms with van der Waals surface area (Å²) in [4.78, 5) is 4.73. The number of benzene rings is 1. The van der Waals surface area contributed by atoms with Crippen molar-refractivity contribution in [2.75, 3.05) is 6.61 Å². The van der Waals surface area contributed by atoms with Gasteiger partial charge in [-0.15, -0.1) is 11.6 Å². The maximum Gasteiger partial charge on any atom is 0.147 e. The highest BCUT2D eigenvalue weighted by molar-refractivity contribution is 6.16. The zero-order valence-electron chi connectivity index (χ0n) is 13.4. The van der Waals surface area contributed by atoms with Crippen molar-refractivity contribution in [1.82, 2.24) is 9.55 Å². The van der Waals surface area contributed by atoms with Gasteiger partial charge < -0.3 is 9.30 Å². The van der Waals surface area contributed by atoms with Crippen molar-refractivity contribution in [3.8, 4) is 5.75 Å². The number of imidazole rings is 1. The SMILES string of the molecule is CCOc1cccc2c1nc(CCl)n2C(C)C(CC)CC. The van der Waals surface area contributed by atoms with Crippen LogP contribution in [0.15, 0.2) is 18.2 Å². The molecule has 0 radical (unpaired) electrons. The van der Waals surface area contributed by atoms with E-state index in [1.165, 1.54) is 0 Å². The first-order valence-electron chi connectivity index (χ1n) is 7.86. The van der Waals surface area contributed by atoms with E-state index in [-0.39, 0.29) is 0 Å². The molecule has 1 unspecified atom stereocenters. The van der Waals surface area contributed by atoms with Crippen LogP contribution in [0.3, 0.4) is 0 Å². The average molecular weight is 309 g/mol. The molecule has 0 saturated carbocycles. The Hall–Kier alpha value is -1.22. The van der Waals surface area contributed by atoms with Crippen molar-refractivity contribution in [1.29, 1.82) is 0 Å². The van der Waals surface area contributed by atoms with Gasteiger partial charge in [-0.2, -0.15) is 0 Å². The Bertz CT molecular complexity index is 590. The molecule has 0 N–H and O–H groups in total. The van der Waals surface area contributed by atoms with E-state index in [9.17, 15) is 0 Å². The molecule has 2 rings (SSSR count). The predicted molar refractivity (Wildman–Crippen MR) is 89.2 cm³/mol. The number of fused-ring (bicyclic) bond motifs is 1. The second-order valence-corrected chi connectivity index (χ2v) is 5.67. The quantitative estimate of drug-likeness (QED) is 0.660. The highest BCUT2D eigenvalue weighted by Crippen LogP contribution is 2.33. The Balaban J connectivity index is 2.58. The number of para-hydroxylation sites is 1. The number of ether oxygens (including phenoxy) is 1. The van der Waals surface area contributed by atoms with E-state index in [4.69, 9.17) is 21.3 Å². The number of aromatic nitrogens is 2. The van der Waals surface area contributed by atoms with Crippen LogP contribution in [0, 0.1) is 5.92 Å². The van der Waals surface area contributed by atoms with Crippen molar-refractivity contribution in [2.45, 2.75) is 52.5 Å². The largest absolute Gasteiger partial charge is 0.492 e. The molecule has 0 aliphatic heterocycles. The van der Waals surface area contributed by atoms with Crippen LogP contribution < -0.4 is 4.74 Å². The normalized spacial score (nSPS) is 13.0. The molecule has 0 bridgehead atoms. The third kappa shape index (κ3) is 3.03. The van der Waals surface area contributed by atoms with Crippen molar-refractivity contribution < 1.29 is 4.74 Å². The molecule has 4 heteroatoms. The summed E-state index contributed by atoms with van der Waals surface area (Å²) < 4.78 is 8.00. The summed E-state index contributed by atoms with van der Waals surface area (Å²) >= 11 is 6.14. The zero-order chi connectivity index (χ0) is 15.4. The molecule has 1 aromatic heterocycles. The number of rotatable bonds is 7. The van der Waals surface area contributed by atoms with Gasteiger partial charge in [-0.25, -0.2) is 4.98 Å². The van der Waals surface area contributed by atoms with Crippen molar-refractivity contribution >= 4 is 22.6 Å². The summed E-state index contributed by atoms with van der Waals surface area (Å²) in [6, 6.07) is 6.50. The Morgan fingerprint density at radius 1 is 1.24 bits per heavy atom. The second kappa shape index (κ2) is 7.17. The van der Waals surface area contributed by atoms with E-state index < -0.39 is 0 Å². The van der Waals surface area contributed by atoms with Gasteiger partial charge in [-0.3, -0.25) is 0 Å². The van der Waals surface area contributed by atoms with Gasteiger partial charge in [0, 0.05) is 6.04 Å². The Morgan fingerprint density at radius 3 is 2.52 bits per heavy atom. The van der Waals surface area contributed by atoms with Crippen LogP contribution in [0.25, 0.3) is 11.0 Å². The summed E-state index contributed by atoms with van der Waals surface area (Å²) in [5.74, 6) is 2.82. The lowest BCUT2D eigenvalue weighted by Gasteiger charge is -2.25. The van der Waals surface area contributed by atoms with E-state index in [0.717, 1.165) is 35.4 Å². The number of hydrogen-bond donors (Lipinski definition) is 0. The molecule has 2 aromatic rings. The lowest BCUT2D eigenvalue weighted by molar-refractivity contribution is 0.334.